The van der Waals surface area contributed by atoms with Crippen LogP contribution in [0.1, 0.15) is 79.3 Å². The molecule has 2 aliphatic carbocycles. The number of halogens is 1. The van der Waals surface area contributed by atoms with E-state index in [4.69, 9.17) is 21.1 Å². The highest BCUT2D eigenvalue weighted by Crippen LogP contribution is 2.46. The van der Waals surface area contributed by atoms with Crippen molar-refractivity contribution in [1.82, 2.24) is 4.72 Å². The van der Waals surface area contributed by atoms with Gasteiger partial charge in [0.15, 0.2) is 0 Å². The number of anilines is 1. The molecule has 10 heteroatoms. The van der Waals surface area contributed by atoms with Crippen molar-refractivity contribution < 1.29 is 27.8 Å². The van der Waals surface area contributed by atoms with Gasteiger partial charge in [-0.25, -0.2) is 13.1 Å². The molecule has 3 aliphatic heterocycles. The number of nitrogens with zero attached hydrogens (tertiary/aromatic N) is 1. The van der Waals surface area contributed by atoms with Gasteiger partial charge in [-0.3, -0.25) is 4.79 Å². The molecule has 0 aromatic heterocycles. The van der Waals surface area contributed by atoms with E-state index in [-0.39, 0.29) is 28.9 Å². The molecule has 1 amide bonds. The molecule has 2 N–H and O–H groups in total. The van der Waals surface area contributed by atoms with Crippen molar-refractivity contribution in [3.63, 3.8) is 0 Å². The Balaban J connectivity index is 1.26. The van der Waals surface area contributed by atoms with E-state index >= 15 is 0 Å². The average molecular weight is 655 g/mol. The van der Waals surface area contributed by atoms with Crippen LogP contribution in [0, 0.1) is 11.8 Å². The zero-order valence-electron chi connectivity index (χ0n) is 25.6. The molecule has 1 saturated carbocycles. The largest absolute Gasteiger partial charge is 0.490 e. The lowest BCUT2D eigenvalue weighted by atomic mass is 9.68. The molecule has 1 saturated heterocycles. The summed E-state index contributed by atoms with van der Waals surface area (Å²) in [5, 5.41) is 11.2. The fourth-order valence-corrected chi connectivity index (χ4v) is 9.92. The van der Waals surface area contributed by atoms with E-state index in [0.717, 1.165) is 55.7 Å². The summed E-state index contributed by atoms with van der Waals surface area (Å²) in [6.07, 6.45) is 10.8. The molecule has 8 nitrogen and oxygen atoms in total. The number of carbonyl (C=O) groups excluding carboxylic acids is 1. The van der Waals surface area contributed by atoms with Gasteiger partial charge in [0.2, 0.25) is 10.0 Å². The first-order chi connectivity index (χ1) is 21.7. The molecular formula is C35H43ClN2O6S. The van der Waals surface area contributed by atoms with Crippen molar-refractivity contribution in [1.29, 1.82) is 0 Å². The summed E-state index contributed by atoms with van der Waals surface area (Å²) in [7, 11) is -3.99. The Bertz CT molecular complexity index is 1570. The van der Waals surface area contributed by atoms with E-state index in [1.54, 1.807) is 18.2 Å². The Morgan fingerprint density at radius 1 is 1.09 bits per heavy atom. The molecule has 0 unspecified atom stereocenters. The number of aliphatic hydroxyl groups is 1. The quantitative estimate of drug-likeness (QED) is 0.410. The second kappa shape index (κ2) is 12.5. The van der Waals surface area contributed by atoms with Gasteiger partial charge in [-0.15, -0.1) is 0 Å². The third-order valence-electron chi connectivity index (χ3n) is 10.9. The van der Waals surface area contributed by atoms with E-state index in [2.05, 4.69) is 21.8 Å². The molecule has 0 radical (unpaired) electrons. The lowest BCUT2D eigenvalue weighted by Crippen LogP contribution is -2.49. The van der Waals surface area contributed by atoms with Crippen molar-refractivity contribution in [2.75, 3.05) is 31.2 Å². The maximum Gasteiger partial charge on any atom is 0.264 e. The lowest BCUT2D eigenvalue weighted by Gasteiger charge is -2.45. The Hall–Kier alpha value is -2.59. The van der Waals surface area contributed by atoms with E-state index in [9.17, 15) is 18.3 Å². The highest BCUT2D eigenvalue weighted by molar-refractivity contribution is 7.90. The van der Waals surface area contributed by atoms with Crippen molar-refractivity contribution >= 4 is 33.2 Å². The number of benzene rings is 2. The Labute approximate surface area is 271 Å². The lowest BCUT2D eigenvalue weighted by molar-refractivity contribution is 0.0456. The summed E-state index contributed by atoms with van der Waals surface area (Å²) in [5.41, 5.74) is 3.31. The number of hydrogen-bond acceptors (Lipinski definition) is 7. The standard InChI is InChI=1S/C35H43ClN2O6S/c36-26-11-13-30-23(17-26)5-3-15-35(30)21-38-20-25-9-12-29(25)32(39)8-2-1-7-28(19-27-6-4-16-43-27)45(41,42)37-34(40)24-10-14-33(44-22-35)31(38)18-24/h2,8,10-11,13-14,17-18,25,27-29,32,39H,1,3-7,9,12,15-16,19-22H2,(H,37,40)/b8-2-/t25-,27-,28+,29+,32-,35-/m0/s1. The third kappa shape index (κ3) is 6.25. The number of sulfonamides is 1. The Morgan fingerprint density at radius 2 is 1.98 bits per heavy atom. The molecule has 2 aromatic carbocycles. The molecule has 3 heterocycles. The number of aliphatic hydroxyl groups excluding tert-OH is 1. The first-order valence-corrected chi connectivity index (χ1v) is 18.5. The van der Waals surface area contributed by atoms with Gasteiger partial charge in [0, 0.05) is 35.7 Å². The van der Waals surface area contributed by atoms with E-state index in [0.29, 0.717) is 51.3 Å². The van der Waals surface area contributed by atoms with Crippen LogP contribution in [-0.2, 0) is 26.6 Å². The number of aryl methyl sites for hydroxylation is 1. The second-order valence-corrected chi connectivity index (χ2v) is 16.2. The van der Waals surface area contributed by atoms with Crippen LogP contribution in [-0.4, -0.2) is 63.2 Å². The molecule has 6 atom stereocenters. The first-order valence-electron chi connectivity index (χ1n) is 16.5. The minimum absolute atomic E-state index is 0.119. The Kier molecular flexibility index (Phi) is 8.65. The number of nitrogens with one attached hydrogen (secondary N) is 1. The van der Waals surface area contributed by atoms with Gasteiger partial charge in [-0.05, 0) is 118 Å². The van der Waals surface area contributed by atoms with Crippen LogP contribution in [0.2, 0.25) is 5.02 Å². The molecule has 2 aromatic rings. The third-order valence-corrected chi connectivity index (χ3v) is 12.9. The summed E-state index contributed by atoms with van der Waals surface area (Å²) in [6, 6.07) is 11.4. The van der Waals surface area contributed by atoms with Crippen molar-refractivity contribution in [2.45, 2.75) is 87.1 Å². The minimum atomic E-state index is -3.99. The van der Waals surface area contributed by atoms with E-state index < -0.39 is 27.3 Å². The predicted molar refractivity (Wildman–Crippen MR) is 175 cm³/mol. The maximum atomic E-state index is 13.6. The summed E-state index contributed by atoms with van der Waals surface area (Å²) in [4.78, 5) is 15.9. The number of carbonyl (C=O) groups is 1. The molecule has 242 valence electrons. The normalized spacial score (nSPS) is 33.6. The van der Waals surface area contributed by atoms with Crippen LogP contribution in [0.5, 0.6) is 5.75 Å². The molecule has 2 fully saturated rings. The van der Waals surface area contributed by atoms with Crippen molar-refractivity contribution in [2.24, 2.45) is 11.8 Å². The van der Waals surface area contributed by atoms with Gasteiger partial charge in [-0.2, -0.15) is 0 Å². The van der Waals surface area contributed by atoms with Gasteiger partial charge in [0.25, 0.3) is 5.91 Å². The van der Waals surface area contributed by atoms with Crippen molar-refractivity contribution in [3.8, 4) is 5.75 Å². The number of hydrogen-bond donors (Lipinski definition) is 2. The zero-order chi connectivity index (χ0) is 31.2. The smallest absolute Gasteiger partial charge is 0.264 e. The van der Waals surface area contributed by atoms with E-state index in [1.165, 1.54) is 11.1 Å². The fourth-order valence-electron chi connectivity index (χ4n) is 8.26. The van der Waals surface area contributed by atoms with Crippen LogP contribution in [0.25, 0.3) is 0 Å². The molecule has 1 spiro atoms. The molecule has 5 aliphatic rings. The highest BCUT2D eigenvalue weighted by Gasteiger charge is 2.44. The number of rotatable bonds is 2. The number of ether oxygens (including phenoxy) is 2. The first kappa shape index (κ1) is 31.0. The summed E-state index contributed by atoms with van der Waals surface area (Å²) in [5.74, 6) is 0.444. The molecule has 2 bridgehead atoms. The average Bonchev–Trinajstić information content (AvgIpc) is 3.46. The van der Waals surface area contributed by atoms with Gasteiger partial charge in [0.1, 0.15) is 5.75 Å². The second-order valence-electron chi connectivity index (χ2n) is 13.8. The Morgan fingerprint density at radius 3 is 2.78 bits per heavy atom. The van der Waals surface area contributed by atoms with Crippen LogP contribution >= 0.6 is 11.6 Å². The van der Waals surface area contributed by atoms with Gasteiger partial charge < -0.3 is 19.5 Å². The fraction of sp³-hybridized carbons (Fsp3) is 0.571. The number of amides is 1. The topological polar surface area (TPSA) is 105 Å². The summed E-state index contributed by atoms with van der Waals surface area (Å²) in [6.45, 7) is 2.53. The monoisotopic (exact) mass is 654 g/mol. The highest BCUT2D eigenvalue weighted by atomic mass is 35.5. The van der Waals surface area contributed by atoms with Crippen LogP contribution in [0.4, 0.5) is 5.69 Å². The number of allylic oxidation sites excluding steroid dienone is 1. The zero-order valence-corrected chi connectivity index (χ0v) is 27.2. The molecule has 7 rings (SSSR count). The molecular weight excluding hydrogens is 612 g/mol. The summed E-state index contributed by atoms with van der Waals surface area (Å²) >= 11 is 6.41. The van der Waals surface area contributed by atoms with Gasteiger partial charge in [-0.1, -0.05) is 29.8 Å². The SMILES string of the molecule is O=C1NS(=O)(=O)[C@@H](C[C@@H]2CCCO2)CC/C=C\[C@H](O)[C@@H]2CC[C@H]2CN2C[C@@]3(CCCc4cc(Cl)ccc43)COc3ccc1cc32. The predicted octanol–water partition coefficient (Wildman–Crippen LogP) is 5.55. The van der Waals surface area contributed by atoms with Gasteiger partial charge in [0.05, 0.1) is 29.8 Å². The van der Waals surface area contributed by atoms with Crippen molar-refractivity contribution in [3.05, 3.63) is 70.3 Å². The van der Waals surface area contributed by atoms with Crippen LogP contribution < -0.4 is 14.4 Å². The minimum Gasteiger partial charge on any atom is -0.490 e. The molecule has 45 heavy (non-hydrogen) atoms. The van der Waals surface area contributed by atoms with Crippen LogP contribution in [0.15, 0.2) is 48.6 Å². The summed E-state index contributed by atoms with van der Waals surface area (Å²) < 4.78 is 42.0. The van der Waals surface area contributed by atoms with E-state index in [1.807, 2.05) is 18.2 Å². The maximum absolute atomic E-state index is 13.6. The van der Waals surface area contributed by atoms with Crippen LogP contribution in [0.3, 0.4) is 0 Å². The van der Waals surface area contributed by atoms with Gasteiger partial charge >= 0.3 is 0 Å². The number of fused-ring (bicyclic) bond motifs is 4.